The molecule has 42 heavy (non-hydrogen) atoms. The first kappa shape index (κ1) is 36.3. The van der Waals surface area contributed by atoms with Gasteiger partial charge in [0.25, 0.3) is 0 Å². The maximum Gasteiger partial charge on any atom is 0.330 e. The molecule has 8 atom stereocenters. The van der Waals surface area contributed by atoms with Gasteiger partial charge in [-0.2, -0.15) is 0 Å². The van der Waals surface area contributed by atoms with Gasteiger partial charge in [-0.05, 0) is 52.7 Å². The third-order valence-corrected chi connectivity index (χ3v) is 8.39. The fraction of sp³-hybridized carbons (Fsp3) is 0.800. The predicted octanol–water partition coefficient (Wildman–Crippen LogP) is 3.80. The number of carbonyl (C=O) groups is 2. The average molecular weight is 603 g/mol. The normalized spacial score (nSPS) is 37.3. The highest BCUT2D eigenvalue weighted by Gasteiger charge is 2.57. The number of esters is 2. The molecule has 0 aliphatic carbocycles. The Labute approximate surface area is 249 Å². The lowest BCUT2D eigenvalue weighted by atomic mass is 9.97. The van der Waals surface area contributed by atoms with E-state index in [-0.39, 0.29) is 12.2 Å². The minimum atomic E-state index is -1.19. The van der Waals surface area contributed by atoms with E-state index in [1.54, 1.807) is 39.8 Å². The summed E-state index contributed by atoms with van der Waals surface area (Å²) in [5.41, 5.74) is 0. The maximum absolute atomic E-state index is 11.7. The summed E-state index contributed by atoms with van der Waals surface area (Å²) in [6.07, 6.45) is 8.88. The zero-order valence-corrected chi connectivity index (χ0v) is 26.8. The number of hydrogen-bond acceptors (Lipinski definition) is 12. The number of hydrogen-bond donors (Lipinski definition) is 0. The molecule has 0 N–H and O–H groups in total. The molecule has 2 fully saturated rings. The number of ether oxygens (including phenoxy) is 10. The molecule has 2 rings (SSSR count). The molecule has 0 aromatic rings. The van der Waals surface area contributed by atoms with Gasteiger partial charge in [0.1, 0.15) is 12.2 Å². The Bertz CT molecular complexity index is 865. The molecule has 0 spiro atoms. The van der Waals surface area contributed by atoms with Crippen LogP contribution in [-0.2, 0) is 57.0 Å². The topological polar surface area (TPSA) is 126 Å². The molecule has 2 aliphatic rings. The van der Waals surface area contributed by atoms with Gasteiger partial charge >= 0.3 is 11.9 Å². The van der Waals surface area contributed by atoms with Crippen molar-refractivity contribution >= 4 is 11.9 Å². The quantitative estimate of drug-likeness (QED) is 0.154. The van der Waals surface area contributed by atoms with E-state index in [2.05, 4.69) is 0 Å². The third kappa shape index (κ3) is 8.38. The fourth-order valence-corrected chi connectivity index (χ4v) is 5.05. The molecule has 0 aromatic heterocycles. The molecule has 242 valence electrons. The summed E-state index contributed by atoms with van der Waals surface area (Å²) in [7, 11) is 8.75. The van der Waals surface area contributed by atoms with Crippen LogP contribution in [0.25, 0.3) is 0 Å². The van der Waals surface area contributed by atoms with Gasteiger partial charge < -0.3 is 47.4 Å². The zero-order valence-electron chi connectivity index (χ0n) is 26.8. The zero-order chi connectivity index (χ0) is 31.6. The van der Waals surface area contributed by atoms with Crippen LogP contribution in [0.15, 0.2) is 24.3 Å². The molecule has 0 unspecified atom stereocenters. The highest BCUT2D eigenvalue weighted by molar-refractivity contribution is 5.82. The van der Waals surface area contributed by atoms with Crippen LogP contribution in [0.3, 0.4) is 0 Å². The van der Waals surface area contributed by atoms with Gasteiger partial charge in [-0.25, -0.2) is 9.59 Å². The molecule has 0 amide bonds. The SMILES string of the molecule is COC(=O)/C=C/[C@@H]1O[C@@](C)(OC)[C@](C)(OC)O[C@H]1CCCCCC[C@@H]1O[C@@](C)(OC)[C@](C)(OC)O[C@H]1/C=C/C(=O)OC. The molecule has 12 nitrogen and oxygen atoms in total. The van der Waals surface area contributed by atoms with Crippen LogP contribution in [-0.4, -0.2) is 102 Å². The van der Waals surface area contributed by atoms with Gasteiger partial charge in [0.2, 0.25) is 23.1 Å². The Morgan fingerprint density at radius 3 is 1.14 bits per heavy atom. The van der Waals surface area contributed by atoms with Gasteiger partial charge in [-0.3, -0.25) is 0 Å². The molecular weight excluding hydrogens is 552 g/mol. The first-order chi connectivity index (χ1) is 19.8. The summed E-state index contributed by atoms with van der Waals surface area (Å²) < 4.78 is 57.2. The van der Waals surface area contributed by atoms with Crippen LogP contribution in [0.4, 0.5) is 0 Å². The van der Waals surface area contributed by atoms with Crippen LogP contribution in [0, 0.1) is 0 Å². The smallest absolute Gasteiger partial charge is 0.330 e. The lowest BCUT2D eigenvalue weighted by Crippen LogP contribution is -2.64. The molecule has 0 saturated carbocycles. The Morgan fingerprint density at radius 2 is 0.857 bits per heavy atom. The van der Waals surface area contributed by atoms with Crippen LogP contribution in [0.2, 0.25) is 0 Å². The monoisotopic (exact) mass is 602 g/mol. The first-order valence-electron chi connectivity index (χ1n) is 14.2. The summed E-state index contributed by atoms with van der Waals surface area (Å²) in [6, 6.07) is 0. The minimum absolute atomic E-state index is 0.379. The van der Waals surface area contributed by atoms with Crippen LogP contribution >= 0.6 is 0 Å². The van der Waals surface area contributed by atoms with Crippen molar-refractivity contribution < 1.29 is 57.0 Å². The van der Waals surface area contributed by atoms with E-state index >= 15 is 0 Å². The first-order valence-corrected chi connectivity index (χ1v) is 14.2. The Hall–Kier alpha value is -1.90. The second kappa shape index (κ2) is 15.7. The lowest BCUT2D eigenvalue weighted by molar-refractivity contribution is -0.443. The van der Waals surface area contributed by atoms with Crippen LogP contribution < -0.4 is 0 Å². The van der Waals surface area contributed by atoms with Crippen molar-refractivity contribution in [3.8, 4) is 0 Å². The highest BCUT2D eigenvalue weighted by atomic mass is 16.8. The summed E-state index contributed by atoms with van der Waals surface area (Å²) >= 11 is 0. The number of methoxy groups -OCH3 is 6. The Kier molecular flexibility index (Phi) is 13.6. The molecule has 12 heteroatoms. The average Bonchev–Trinajstić information content (AvgIpc) is 2.99. The van der Waals surface area contributed by atoms with Crippen molar-refractivity contribution in [3.63, 3.8) is 0 Å². The second-order valence-corrected chi connectivity index (χ2v) is 10.8. The maximum atomic E-state index is 11.7. The van der Waals surface area contributed by atoms with E-state index in [0.717, 1.165) is 25.7 Å². The number of unbranched alkanes of at least 4 members (excludes halogenated alkanes) is 3. The number of carbonyl (C=O) groups excluding carboxylic acids is 2. The summed E-state index contributed by atoms with van der Waals surface area (Å²) in [5, 5.41) is 0. The van der Waals surface area contributed by atoms with Crippen molar-refractivity contribution in [2.24, 2.45) is 0 Å². The second-order valence-electron chi connectivity index (χ2n) is 10.8. The van der Waals surface area contributed by atoms with E-state index in [4.69, 9.17) is 47.4 Å². The molecule has 0 bridgehead atoms. The summed E-state index contributed by atoms with van der Waals surface area (Å²) in [5.74, 6) is -5.67. The van der Waals surface area contributed by atoms with Gasteiger partial charge in [0.05, 0.1) is 26.4 Å². The van der Waals surface area contributed by atoms with E-state index in [1.807, 2.05) is 0 Å². The van der Waals surface area contributed by atoms with Crippen molar-refractivity contribution in [3.05, 3.63) is 24.3 Å². The summed E-state index contributed by atoms with van der Waals surface area (Å²) in [6.45, 7) is 7.01. The van der Waals surface area contributed by atoms with Gasteiger partial charge in [-0.1, -0.05) is 25.7 Å². The van der Waals surface area contributed by atoms with E-state index in [0.29, 0.717) is 12.8 Å². The molecule has 2 aliphatic heterocycles. The van der Waals surface area contributed by atoms with Gasteiger partial charge in [0, 0.05) is 40.6 Å². The van der Waals surface area contributed by atoms with Crippen molar-refractivity contribution in [2.45, 2.75) is 114 Å². The van der Waals surface area contributed by atoms with Crippen molar-refractivity contribution in [2.75, 3.05) is 42.7 Å². The number of rotatable bonds is 15. The van der Waals surface area contributed by atoms with Crippen LogP contribution in [0.1, 0.15) is 66.2 Å². The van der Waals surface area contributed by atoms with E-state index in [1.165, 1.54) is 54.8 Å². The summed E-state index contributed by atoms with van der Waals surface area (Å²) in [4.78, 5) is 23.5. The fourth-order valence-electron chi connectivity index (χ4n) is 5.05. The Morgan fingerprint density at radius 1 is 0.548 bits per heavy atom. The van der Waals surface area contributed by atoms with Crippen LogP contribution in [0.5, 0.6) is 0 Å². The van der Waals surface area contributed by atoms with Gasteiger partial charge in [0.15, 0.2) is 0 Å². The molecule has 0 aromatic carbocycles. The van der Waals surface area contributed by atoms with E-state index in [9.17, 15) is 9.59 Å². The third-order valence-electron chi connectivity index (χ3n) is 8.39. The molecular formula is C30H50O12. The highest BCUT2D eigenvalue weighted by Crippen LogP contribution is 2.42. The van der Waals surface area contributed by atoms with Crippen molar-refractivity contribution in [1.82, 2.24) is 0 Å². The van der Waals surface area contributed by atoms with Crippen molar-refractivity contribution in [1.29, 1.82) is 0 Å². The molecule has 0 radical (unpaired) electrons. The molecule has 2 heterocycles. The lowest BCUT2D eigenvalue weighted by Gasteiger charge is -2.51. The molecule has 2 saturated heterocycles. The minimum Gasteiger partial charge on any atom is -0.466 e. The standard InChI is InChI=1S/C30H50O12/c1-27(35-7)29(3,37-9)41-23(17-19-25(31)33-5)21(39-27)15-13-11-12-14-16-22-24(18-20-26(32)34-6)42-30(4,38-10)28(2,36-8)40-22/h17-24H,11-16H2,1-10H3/b19-17+,20-18+/t21-,22-,23-,24-,27+,28+,29+,30+/m0/s1. The Balaban J connectivity index is 2.01. The van der Waals surface area contributed by atoms with Gasteiger partial charge in [-0.15, -0.1) is 0 Å². The van der Waals surface area contributed by atoms with E-state index < -0.39 is 47.3 Å². The largest absolute Gasteiger partial charge is 0.466 e. The predicted molar refractivity (Wildman–Crippen MR) is 151 cm³/mol.